The lowest BCUT2D eigenvalue weighted by Crippen LogP contribution is -2.12. The molecular formula is C9H13F3N4OS. The van der Waals surface area contributed by atoms with Crippen molar-refractivity contribution < 1.29 is 17.9 Å². The first kappa shape index (κ1) is 14.7. The molecule has 102 valence electrons. The zero-order chi connectivity index (χ0) is 13.6. The number of nitrogens with two attached hydrogens (primary N) is 1. The van der Waals surface area contributed by atoms with Gasteiger partial charge in [-0.05, 0) is 18.7 Å². The van der Waals surface area contributed by atoms with Gasteiger partial charge in [0.15, 0.2) is 5.82 Å². The second kappa shape index (κ2) is 6.53. The number of rotatable bonds is 6. The Kier molecular flexibility index (Phi) is 5.32. The largest absolute Gasteiger partial charge is 0.476 e. The second-order valence-electron chi connectivity index (χ2n) is 3.10. The third-order valence-electron chi connectivity index (χ3n) is 1.79. The Hall–Kier alpha value is -1.38. The summed E-state index contributed by atoms with van der Waals surface area (Å²) in [5.41, 5.74) is 1.66. The molecule has 9 heteroatoms. The fraction of sp³-hybridized carbons (Fsp3) is 0.556. The van der Waals surface area contributed by atoms with E-state index in [2.05, 4.69) is 15.3 Å². The van der Waals surface area contributed by atoms with Crippen molar-refractivity contribution in [3.8, 4) is 5.88 Å². The summed E-state index contributed by atoms with van der Waals surface area (Å²) in [5.74, 6) is 0.367. The standard InChI is InChI=1S/C9H13F3N4OS/c1-2-17-8-6(13)7(15-5-16-8)14-3-4-18-9(10,11)12/h5H,2-4,13H2,1H3,(H,14,15,16). The minimum absolute atomic E-state index is 0.0942. The first-order chi connectivity index (χ1) is 8.44. The summed E-state index contributed by atoms with van der Waals surface area (Å²) in [6.07, 6.45) is 1.24. The van der Waals surface area contributed by atoms with Gasteiger partial charge in [-0.1, -0.05) is 0 Å². The molecule has 0 fully saturated rings. The van der Waals surface area contributed by atoms with Crippen molar-refractivity contribution in [2.45, 2.75) is 12.4 Å². The zero-order valence-corrected chi connectivity index (χ0v) is 10.4. The van der Waals surface area contributed by atoms with E-state index >= 15 is 0 Å². The molecule has 0 atom stereocenters. The molecular weight excluding hydrogens is 269 g/mol. The Morgan fingerprint density at radius 3 is 2.78 bits per heavy atom. The van der Waals surface area contributed by atoms with Crippen molar-refractivity contribution in [2.75, 3.05) is 30.0 Å². The highest BCUT2D eigenvalue weighted by atomic mass is 32.2. The Bertz CT molecular complexity index is 389. The SMILES string of the molecule is CCOc1ncnc(NCCSC(F)(F)F)c1N. The number of nitrogens with one attached hydrogen (secondary N) is 1. The number of halogens is 3. The lowest BCUT2D eigenvalue weighted by Gasteiger charge is -2.11. The Labute approximate surface area is 106 Å². The molecule has 0 unspecified atom stereocenters. The molecule has 0 saturated heterocycles. The Balaban J connectivity index is 2.50. The lowest BCUT2D eigenvalue weighted by atomic mass is 10.4. The first-order valence-corrected chi connectivity index (χ1v) is 6.10. The Morgan fingerprint density at radius 1 is 1.44 bits per heavy atom. The number of alkyl halides is 3. The summed E-state index contributed by atoms with van der Waals surface area (Å²) in [6.45, 7) is 2.26. The molecule has 0 aliphatic carbocycles. The van der Waals surface area contributed by atoms with Crippen molar-refractivity contribution in [3.63, 3.8) is 0 Å². The third-order valence-corrected chi connectivity index (χ3v) is 2.52. The number of aromatic nitrogens is 2. The van der Waals surface area contributed by atoms with Crippen LogP contribution in [0, 0.1) is 0 Å². The van der Waals surface area contributed by atoms with Gasteiger partial charge in [0.1, 0.15) is 12.0 Å². The Morgan fingerprint density at radius 2 is 2.17 bits per heavy atom. The molecule has 0 radical (unpaired) electrons. The molecule has 0 aromatic carbocycles. The normalized spacial score (nSPS) is 11.3. The van der Waals surface area contributed by atoms with Crippen molar-refractivity contribution in [3.05, 3.63) is 6.33 Å². The van der Waals surface area contributed by atoms with Gasteiger partial charge in [-0.25, -0.2) is 4.98 Å². The predicted molar refractivity (Wildman–Crippen MR) is 64.6 cm³/mol. The van der Waals surface area contributed by atoms with Crippen LogP contribution < -0.4 is 15.8 Å². The number of anilines is 2. The number of ether oxygens (including phenoxy) is 1. The van der Waals surface area contributed by atoms with Crippen LogP contribution in [0.3, 0.4) is 0 Å². The average molecular weight is 282 g/mol. The molecule has 0 spiro atoms. The van der Waals surface area contributed by atoms with Crippen LogP contribution in [-0.2, 0) is 0 Å². The molecule has 1 heterocycles. The van der Waals surface area contributed by atoms with E-state index in [0.717, 1.165) is 0 Å². The van der Waals surface area contributed by atoms with Crippen molar-refractivity contribution >= 4 is 23.3 Å². The minimum Gasteiger partial charge on any atom is -0.476 e. The molecule has 1 aromatic heterocycles. The van der Waals surface area contributed by atoms with Crippen LogP contribution in [0.1, 0.15) is 6.92 Å². The van der Waals surface area contributed by atoms with Crippen molar-refractivity contribution in [1.82, 2.24) is 9.97 Å². The van der Waals surface area contributed by atoms with E-state index in [1.807, 2.05) is 0 Å². The van der Waals surface area contributed by atoms with Gasteiger partial charge in [0.25, 0.3) is 0 Å². The maximum Gasteiger partial charge on any atom is 0.441 e. The van der Waals surface area contributed by atoms with Crippen LogP contribution in [0.4, 0.5) is 24.7 Å². The molecule has 0 amide bonds. The van der Waals surface area contributed by atoms with Gasteiger partial charge < -0.3 is 15.8 Å². The molecule has 18 heavy (non-hydrogen) atoms. The number of thioether (sulfide) groups is 1. The summed E-state index contributed by atoms with van der Waals surface area (Å²) in [7, 11) is 0. The highest BCUT2D eigenvalue weighted by molar-refractivity contribution is 8.00. The smallest absolute Gasteiger partial charge is 0.441 e. The third kappa shape index (κ3) is 4.86. The molecule has 1 aromatic rings. The molecule has 5 nitrogen and oxygen atoms in total. The fourth-order valence-corrected chi connectivity index (χ4v) is 1.54. The molecule has 0 saturated carbocycles. The molecule has 3 N–H and O–H groups in total. The van der Waals surface area contributed by atoms with Crippen LogP contribution in [0.5, 0.6) is 5.88 Å². The number of nitrogens with zero attached hydrogens (tertiary/aromatic N) is 2. The summed E-state index contributed by atoms with van der Waals surface area (Å²) >= 11 is -0.105. The maximum absolute atomic E-state index is 11.9. The number of hydrogen-bond donors (Lipinski definition) is 2. The number of hydrogen-bond acceptors (Lipinski definition) is 6. The van der Waals surface area contributed by atoms with Crippen LogP contribution in [0.2, 0.25) is 0 Å². The minimum atomic E-state index is -4.23. The van der Waals surface area contributed by atoms with Crippen LogP contribution >= 0.6 is 11.8 Å². The molecule has 0 aliphatic heterocycles. The second-order valence-corrected chi connectivity index (χ2v) is 4.25. The van der Waals surface area contributed by atoms with E-state index in [4.69, 9.17) is 10.5 Å². The summed E-state index contributed by atoms with van der Waals surface area (Å²) in [4.78, 5) is 7.65. The molecule has 1 rings (SSSR count). The van der Waals surface area contributed by atoms with Gasteiger partial charge in [-0.2, -0.15) is 18.2 Å². The van der Waals surface area contributed by atoms with Gasteiger partial charge in [-0.15, -0.1) is 0 Å². The van der Waals surface area contributed by atoms with Crippen molar-refractivity contribution in [1.29, 1.82) is 0 Å². The summed E-state index contributed by atoms with van der Waals surface area (Å²) in [6, 6.07) is 0. The van der Waals surface area contributed by atoms with Gasteiger partial charge in [0, 0.05) is 12.3 Å². The predicted octanol–water partition coefficient (Wildman–Crippen LogP) is 2.12. The number of nitrogen functional groups attached to an aromatic ring is 1. The van der Waals surface area contributed by atoms with Crippen LogP contribution in [0.15, 0.2) is 6.33 Å². The van der Waals surface area contributed by atoms with E-state index in [9.17, 15) is 13.2 Å². The summed E-state index contributed by atoms with van der Waals surface area (Å²) in [5, 5.41) is 2.71. The monoisotopic (exact) mass is 282 g/mol. The van der Waals surface area contributed by atoms with Crippen LogP contribution in [0.25, 0.3) is 0 Å². The highest BCUT2D eigenvalue weighted by Crippen LogP contribution is 2.30. The topological polar surface area (TPSA) is 73.1 Å². The van der Waals surface area contributed by atoms with E-state index in [1.54, 1.807) is 6.92 Å². The van der Waals surface area contributed by atoms with Crippen LogP contribution in [-0.4, -0.2) is 34.4 Å². The quantitative estimate of drug-likeness (QED) is 0.779. The van der Waals surface area contributed by atoms with E-state index in [1.165, 1.54) is 6.33 Å². The van der Waals surface area contributed by atoms with Gasteiger partial charge >= 0.3 is 5.51 Å². The lowest BCUT2D eigenvalue weighted by molar-refractivity contribution is -0.0327. The van der Waals surface area contributed by atoms with Crippen molar-refractivity contribution in [2.24, 2.45) is 0 Å². The molecule has 0 bridgehead atoms. The van der Waals surface area contributed by atoms with Gasteiger partial charge in [-0.3, -0.25) is 0 Å². The average Bonchev–Trinajstić information content (AvgIpc) is 2.28. The van der Waals surface area contributed by atoms with Gasteiger partial charge in [0.05, 0.1) is 6.61 Å². The van der Waals surface area contributed by atoms with Gasteiger partial charge in [0.2, 0.25) is 5.88 Å². The van der Waals surface area contributed by atoms with E-state index in [0.29, 0.717) is 6.61 Å². The molecule has 0 aliphatic rings. The summed E-state index contributed by atoms with van der Waals surface area (Å²) < 4.78 is 40.8. The maximum atomic E-state index is 11.9. The highest BCUT2D eigenvalue weighted by Gasteiger charge is 2.27. The van der Waals surface area contributed by atoms with E-state index < -0.39 is 5.51 Å². The fourth-order valence-electron chi connectivity index (χ4n) is 1.11. The zero-order valence-electron chi connectivity index (χ0n) is 9.62. The van der Waals surface area contributed by atoms with E-state index in [-0.39, 0.29) is 41.4 Å². The first-order valence-electron chi connectivity index (χ1n) is 5.12.